The molecule has 2 saturated heterocycles. The molecule has 33 heavy (non-hydrogen) atoms. The van der Waals surface area contributed by atoms with Gasteiger partial charge in [-0.1, -0.05) is 13.3 Å². The Bertz CT molecular complexity index is 831. The Labute approximate surface area is 195 Å². The van der Waals surface area contributed by atoms with E-state index >= 15 is 0 Å². The van der Waals surface area contributed by atoms with Crippen LogP contribution in [0.25, 0.3) is 0 Å². The van der Waals surface area contributed by atoms with Gasteiger partial charge in [0.2, 0.25) is 11.8 Å². The minimum absolute atomic E-state index is 0.101. The molecule has 10 nitrogen and oxygen atoms in total. The van der Waals surface area contributed by atoms with Crippen LogP contribution in [0.3, 0.4) is 0 Å². The highest BCUT2D eigenvalue weighted by molar-refractivity contribution is 5.77. The highest BCUT2D eigenvalue weighted by atomic mass is 16.7. The molecule has 0 aromatic carbocycles. The topological polar surface area (TPSA) is 110 Å². The number of ether oxygens (including phenoxy) is 1. The van der Waals surface area contributed by atoms with Crippen molar-refractivity contribution >= 4 is 12.1 Å². The third-order valence-corrected chi connectivity index (χ3v) is 6.54. The van der Waals surface area contributed by atoms with Crippen LogP contribution >= 0.6 is 0 Å². The van der Waals surface area contributed by atoms with Crippen molar-refractivity contribution in [3.05, 3.63) is 11.8 Å². The van der Waals surface area contributed by atoms with Gasteiger partial charge in [-0.3, -0.25) is 4.84 Å². The van der Waals surface area contributed by atoms with E-state index in [1.165, 1.54) is 0 Å². The number of nitrogens with one attached hydrogen (secondary N) is 1. The largest absolute Gasteiger partial charge is 0.444 e. The number of carbonyl (C=O) groups is 2. The Balaban J connectivity index is 1.21. The number of nitrogens with zero attached hydrogens (tertiary/aromatic N) is 4. The molecule has 1 saturated carbocycles. The van der Waals surface area contributed by atoms with E-state index in [1.54, 1.807) is 9.96 Å². The molecule has 2 aliphatic heterocycles. The first-order chi connectivity index (χ1) is 15.7. The molecule has 0 spiro atoms. The Hall–Kier alpha value is -2.36. The average Bonchev–Trinajstić information content (AvgIpc) is 3.27. The maximum atomic E-state index is 12.8. The molecule has 10 heteroatoms. The Morgan fingerprint density at radius 1 is 1.24 bits per heavy atom. The van der Waals surface area contributed by atoms with Crippen molar-refractivity contribution in [1.29, 1.82) is 0 Å². The summed E-state index contributed by atoms with van der Waals surface area (Å²) in [4.78, 5) is 32.2. The third-order valence-electron chi connectivity index (χ3n) is 6.54. The number of urea groups is 1. The summed E-state index contributed by atoms with van der Waals surface area (Å²) in [6, 6.07) is -0.00645. The molecular weight excluding hydrogens is 426 g/mol. The van der Waals surface area contributed by atoms with Gasteiger partial charge in [-0.05, 0) is 65.2 Å². The SMILES string of the molecule is CCCCON1C(=O)N2C[C@@H]1CC[C@H]2c1nnc(CC[C@H]2C[C@@H](NC(=O)OC(C)(C)C)C2)o1. The summed E-state index contributed by atoms with van der Waals surface area (Å²) in [5, 5.41) is 13.0. The Kier molecular flexibility index (Phi) is 7.11. The fourth-order valence-corrected chi connectivity index (χ4v) is 4.76. The normalized spacial score (nSPS) is 27.0. The molecule has 1 N–H and O–H groups in total. The minimum atomic E-state index is -0.484. The van der Waals surface area contributed by atoms with Crippen molar-refractivity contribution in [2.75, 3.05) is 13.2 Å². The van der Waals surface area contributed by atoms with Crippen molar-refractivity contribution in [2.45, 2.75) is 103 Å². The number of fused-ring (bicyclic) bond motifs is 2. The summed E-state index contributed by atoms with van der Waals surface area (Å²) in [5.74, 6) is 1.65. The molecular formula is C23H37N5O5. The van der Waals surface area contributed by atoms with Gasteiger partial charge in [0.25, 0.3) is 0 Å². The van der Waals surface area contributed by atoms with E-state index < -0.39 is 5.60 Å². The number of aryl methyl sites for hydroxylation is 1. The summed E-state index contributed by atoms with van der Waals surface area (Å²) < 4.78 is 11.3. The summed E-state index contributed by atoms with van der Waals surface area (Å²) in [7, 11) is 0. The molecule has 1 aromatic heterocycles. The van der Waals surface area contributed by atoms with Crippen molar-refractivity contribution in [1.82, 2.24) is 25.5 Å². The van der Waals surface area contributed by atoms with Crippen molar-refractivity contribution in [3.8, 4) is 0 Å². The predicted molar refractivity (Wildman–Crippen MR) is 119 cm³/mol. The van der Waals surface area contributed by atoms with E-state index in [0.29, 0.717) is 37.3 Å². The van der Waals surface area contributed by atoms with Crippen LogP contribution in [-0.4, -0.2) is 63.1 Å². The van der Waals surface area contributed by atoms with Gasteiger partial charge in [-0.25, -0.2) is 9.59 Å². The molecule has 184 valence electrons. The summed E-state index contributed by atoms with van der Waals surface area (Å²) in [6.07, 6.45) is 6.78. The quantitative estimate of drug-likeness (QED) is 0.552. The molecule has 1 aromatic rings. The van der Waals surface area contributed by atoms with Gasteiger partial charge in [0.05, 0.1) is 12.6 Å². The van der Waals surface area contributed by atoms with Crippen LogP contribution in [0.2, 0.25) is 0 Å². The van der Waals surface area contributed by atoms with Crippen LogP contribution in [-0.2, 0) is 16.0 Å². The van der Waals surface area contributed by atoms with E-state index in [0.717, 1.165) is 44.9 Å². The molecule has 4 rings (SSSR count). The molecule has 1 aliphatic carbocycles. The van der Waals surface area contributed by atoms with E-state index in [2.05, 4.69) is 22.4 Å². The third kappa shape index (κ3) is 5.77. The highest BCUT2D eigenvalue weighted by Crippen LogP contribution is 2.38. The monoisotopic (exact) mass is 463 g/mol. The van der Waals surface area contributed by atoms with Crippen molar-refractivity contribution in [3.63, 3.8) is 0 Å². The van der Waals surface area contributed by atoms with Gasteiger partial charge in [0.1, 0.15) is 11.6 Å². The zero-order valence-electron chi connectivity index (χ0n) is 20.2. The van der Waals surface area contributed by atoms with Gasteiger partial charge < -0.3 is 19.4 Å². The zero-order chi connectivity index (χ0) is 23.6. The first-order valence-electron chi connectivity index (χ1n) is 12.3. The van der Waals surface area contributed by atoms with Crippen molar-refractivity contribution < 1.29 is 23.6 Å². The van der Waals surface area contributed by atoms with Gasteiger partial charge in [0, 0.05) is 19.0 Å². The second-order valence-corrected chi connectivity index (χ2v) is 10.4. The number of alkyl carbamates (subject to hydrolysis) is 1. The number of piperidine rings is 1. The smallest absolute Gasteiger partial charge is 0.407 e. The number of aromatic nitrogens is 2. The van der Waals surface area contributed by atoms with Crippen molar-refractivity contribution in [2.24, 2.45) is 5.92 Å². The van der Waals surface area contributed by atoms with E-state index in [4.69, 9.17) is 14.0 Å². The summed E-state index contributed by atoms with van der Waals surface area (Å²) in [6.45, 7) is 8.88. The maximum Gasteiger partial charge on any atom is 0.407 e. The van der Waals surface area contributed by atoms with E-state index in [1.807, 2.05) is 20.8 Å². The lowest BCUT2D eigenvalue weighted by molar-refractivity contribution is -0.130. The number of unbranched alkanes of at least 4 members (excludes halogenated alkanes) is 1. The number of hydrogen-bond donors (Lipinski definition) is 1. The predicted octanol–water partition coefficient (Wildman–Crippen LogP) is 3.98. The Morgan fingerprint density at radius 2 is 2.03 bits per heavy atom. The lowest BCUT2D eigenvalue weighted by Crippen LogP contribution is -2.46. The van der Waals surface area contributed by atoms with Crippen LogP contribution in [0.15, 0.2) is 4.42 Å². The molecule has 2 bridgehead atoms. The molecule has 3 fully saturated rings. The van der Waals surface area contributed by atoms with Gasteiger partial charge >= 0.3 is 12.1 Å². The highest BCUT2D eigenvalue weighted by Gasteiger charge is 2.47. The summed E-state index contributed by atoms with van der Waals surface area (Å²) in [5.41, 5.74) is -0.484. The van der Waals surface area contributed by atoms with Crippen LogP contribution in [0, 0.1) is 5.92 Å². The first kappa shape index (κ1) is 23.8. The van der Waals surface area contributed by atoms with E-state index in [9.17, 15) is 9.59 Å². The van der Waals surface area contributed by atoms with Gasteiger partial charge in [0.15, 0.2) is 0 Å². The lowest BCUT2D eigenvalue weighted by Gasteiger charge is -2.36. The van der Waals surface area contributed by atoms with Gasteiger partial charge in [-0.2, -0.15) is 5.06 Å². The lowest BCUT2D eigenvalue weighted by atomic mass is 9.77. The number of hydroxylamine groups is 2. The van der Waals surface area contributed by atoms with Crippen LogP contribution in [0.4, 0.5) is 9.59 Å². The zero-order valence-corrected chi connectivity index (χ0v) is 20.2. The van der Waals surface area contributed by atoms with Crippen LogP contribution in [0.5, 0.6) is 0 Å². The molecule has 3 amide bonds. The molecule has 2 atom stereocenters. The summed E-state index contributed by atoms with van der Waals surface area (Å²) >= 11 is 0. The second-order valence-electron chi connectivity index (χ2n) is 10.4. The molecule has 3 aliphatic rings. The maximum absolute atomic E-state index is 12.8. The van der Waals surface area contributed by atoms with Gasteiger partial charge in [-0.15, -0.1) is 10.2 Å². The number of hydrogen-bond acceptors (Lipinski definition) is 7. The average molecular weight is 464 g/mol. The fourth-order valence-electron chi connectivity index (χ4n) is 4.76. The van der Waals surface area contributed by atoms with E-state index in [-0.39, 0.29) is 30.2 Å². The molecule has 0 unspecified atom stereocenters. The minimum Gasteiger partial charge on any atom is -0.444 e. The molecule has 0 radical (unpaired) electrons. The number of amides is 3. The standard InChI is InChI=1S/C23H37N5O5/c1-5-6-11-31-28-17-8-9-18(27(14-17)22(28)30)20-26-25-19(32-20)10-7-15-12-16(13-15)24-21(29)33-23(2,3)4/h15-18H,5-14H2,1-4H3,(H,24,29)/t15-,16+,17-,18-/m0/s1. The Morgan fingerprint density at radius 3 is 2.76 bits per heavy atom. The number of carbonyl (C=O) groups excluding carboxylic acids is 2. The molecule has 3 heterocycles. The number of rotatable bonds is 9. The second kappa shape index (κ2) is 9.87. The fraction of sp³-hybridized carbons (Fsp3) is 0.826. The van der Waals surface area contributed by atoms with Crippen LogP contribution in [0.1, 0.15) is 90.5 Å². The first-order valence-corrected chi connectivity index (χ1v) is 12.3. The van der Waals surface area contributed by atoms with Crippen LogP contribution < -0.4 is 5.32 Å².